The minimum absolute atomic E-state index is 0.113. The highest BCUT2D eigenvalue weighted by atomic mass is 16.5. The molecular weight excluding hydrogens is 268 g/mol. The lowest BCUT2D eigenvalue weighted by Crippen LogP contribution is -2.35. The minimum Gasteiger partial charge on any atom is -0.389 e. The second kappa shape index (κ2) is 6.73. The number of aliphatic hydroxyl groups is 1. The normalized spacial score (nSPS) is 16.5. The number of rotatable bonds is 8. The third-order valence-corrected chi connectivity index (χ3v) is 3.99. The highest BCUT2D eigenvalue weighted by Gasteiger charge is 2.28. The highest BCUT2D eigenvalue weighted by Crippen LogP contribution is 2.38. The molecule has 5 heteroatoms. The van der Waals surface area contributed by atoms with Gasteiger partial charge in [0.1, 0.15) is 0 Å². The number of carbonyl (C=O) groups is 1. The summed E-state index contributed by atoms with van der Waals surface area (Å²) in [5.74, 6) is 0.113. The van der Waals surface area contributed by atoms with Crippen molar-refractivity contribution in [1.82, 2.24) is 9.47 Å². The van der Waals surface area contributed by atoms with Gasteiger partial charge in [-0.3, -0.25) is 9.69 Å². The molecule has 1 aromatic heterocycles. The Bertz CT molecular complexity index is 506. The molecule has 0 aliphatic heterocycles. The summed E-state index contributed by atoms with van der Waals surface area (Å²) in [5.41, 5.74) is 3.05. The van der Waals surface area contributed by atoms with E-state index >= 15 is 0 Å². The molecule has 1 aliphatic rings. The quantitative estimate of drug-likeness (QED) is 0.739. The van der Waals surface area contributed by atoms with Crippen molar-refractivity contribution in [2.45, 2.75) is 38.8 Å². The molecule has 5 nitrogen and oxygen atoms in total. The van der Waals surface area contributed by atoms with E-state index in [9.17, 15) is 9.90 Å². The van der Waals surface area contributed by atoms with Crippen LogP contribution in [0.15, 0.2) is 6.07 Å². The van der Waals surface area contributed by atoms with Crippen molar-refractivity contribution < 1.29 is 14.6 Å². The molecule has 0 aromatic carbocycles. The molecule has 1 saturated carbocycles. The van der Waals surface area contributed by atoms with Gasteiger partial charge in [-0.2, -0.15) is 0 Å². The van der Waals surface area contributed by atoms with Gasteiger partial charge in [0.2, 0.25) is 0 Å². The third kappa shape index (κ3) is 3.93. The van der Waals surface area contributed by atoms with Crippen LogP contribution in [-0.2, 0) is 4.74 Å². The van der Waals surface area contributed by atoms with Crippen molar-refractivity contribution in [3.05, 3.63) is 23.0 Å². The van der Waals surface area contributed by atoms with Crippen LogP contribution in [0.2, 0.25) is 0 Å². The van der Waals surface area contributed by atoms with E-state index in [2.05, 4.69) is 11.5 Å². The maximum Gasteiger partial charge on any atom is 0.178 e. The Hall–Kier alpha value is -1.17. The van der Waals surface area contributed by atoms with Crippen LogP contribution in [0.3, 0.4) is 0 Å². The number of aromatic nitrogens is 1. The van der Waals surface area contributed by atoms with Gasteiger partial charge in [0.25, 0.3) is 0 Å². The van der Waals surface area contributed by atoms with Crippen molar-refractivity contribution in [2.24, 2.45) is 0 Å². The Morgan fingerprint density at radius 1 is 1.52 bits per heavy atom. The standard InChI is InChI=1S/C16H26N2O3/c1-11-7-15(12(2)18(11)13-5-6-13)16(20)9-17(3)8-14(19)10-21-4/h7,13-14,19H,5-6,8-10H2,1-4H3. The van der Waals surface area contributed by atoms with Crippen LogP contribution in [0.5, 0.6) is 0 Å². The van der Waals surface area contributed by atoms with Crippen LogP contribution in [0.25, 0.3) is 0 Å². The summed E-state index contributed by atoms with van der Waals surface area (Å²) >= 11 is 0. The summed E-state index contributed by atoms with van der Waals surface area (Å²) in [4.78, 5) is 14.3. The van der Waals surface area contributed by atoms with Crippen molar-refractivity contribution >= 4 is 5.78 Å². The lowest BCUT2D eigenvalue weighted by atomic mass is 10.1. The van der Waals surface area contributed by atoms with Gasteiger partial charge in [-0.15, -0.1) is 0 Å². The van der Waals surface area contributed by atoms with Crippen LogP contribution in [0.4, 0.5) is 0 Å². The Balaban J connectivity index is 1.98. The predicted molar refractivity (Wildman–Crippen MR) is 81.9 cm³/mol. The number of ketones is 1. The molecule has 0 bridgehead atoms. The monoisotopic (exact) mass is 294 g/mol. The maximum absolute atomic E-state index is 12.5. The zero-order chi connectivity index (χ0) is 15.6. The number of hydrogen-bond donors (Lipinski definition) is 1. The number of aryl methyl sites for hydroxylation is 1. The number of Topliss-reactive ketones (excluding diaryl/α,β-unsaturated/α-hetero) is 1. The van der Waals surface area contributed by atoms with Gasteiger partial charge in [0.05, 0.1) is 19.3 Å². The Labute approximate surface area is 126 Å². The number of aliphatic hydroxyl groups excluding tert-OH is 1. The van der Waals surface area contributed by atoms with E-state index in [1.54, 1.807) is 7.11 Å². The van der Waals surface area contributed by atoms with Crippen molar-refractivity contribution in [1.29, 1.82) is 0 Å². The first-order valence-corrected chi connectivity index (χ1v) is 7.51. The number of hydrogen-bond acceptors (Lipinski definition) is 4. The second-order valence-electron chi connectivity index (χ2n) is 6.12. The molecule has 2 rings (SSSR count). The number of nitrogens with zero attached hydrogens (tertiary/aromatic N) is 2. The summed E-state index contributed by atoms with van der Waals surface area (Å²) in [6.07, 6.45) is 1.87. The largest absolute Gasteiger partial charge is 0.389 e. The van der Waals surface area contributed by atoms with Crippen molar-refractivity contribution in [3.63, 3.8) is 0 Å². The molecule has 21 heavy (non-hydrogen) atoms. The van der Waals surface area contributed by atoms with Crippen LogP contribution < -0.4 is 0 Å². The molecular formula is C16H26N2O3. The molecule has 1 atom stereocenters. The van der Waals surface area contributed by atoms with Crippen LogP contribution >= 0.6 is 0 Å². The number of methoxy groups -OCH3 is 1. The summed E-state index contributed by atoms with van der Waals surface area (Å²) in [5, 5.41) is 9.70. The average molecular weight is 294 g/mol. The van der Waals surface area contributed by atoms with Crippen molar-refractivity contribution in [3.8, 4) is 0 Å². The summed E-state index contributed by atoms with van der Waals surface area (Å²) < 4.78 is 7.19. The first-order chi connectivity index (χ1) is 9.93. The van der Waals surface area contributed by atoms with Crippen LogP contribution in [0.1, 0.15) is 40.6 Å². The van der Waals surface area contributed by atoms with Gasteiger partial charge >= 0.3 is 0 Å². The number of carbonyl (C=O) groups excluding carboxylic acids is 1. The zero-order valence-corrected chi connectivity index (χ0v) is 13.4. The van der Waals surface area contributed by atoms with E-state index in [1.165, 1.54) is 18.5 Å². The number of ether oxygens (including phenoxy) is 1. The first kappa shape index (κ1) is 16.2. The molecule has 1 aromatic rings. The van der Waals surface area contributed by atoms with E-state index in [0.717, 1.165) is 11.3 Å². The molecule has 0 saturated heterocycles. The van der Waals surface area contributed by atoms with E-state index in [1.807, 2.05) is 24.9 Å². The van der Waals surface area contributed by atoms with E-state index in [0.29, 0.717) is 19.1 Å². The minimum atomic E-state index is -0.563. The van der Waals surface area contributed by atoms with E-state index in [4.69, 9.17) is 4.74 Å². The fourth-order valence-electron chi connectivity index (χ4n) is 2.95. The smallest absolute Gasteiger partial charge is 0.178 e. The van der Waals surface area contributed by atoms with Gasteiger partial charge in [0, 0.05) is 36.6 Å². The van der Waals surface area contributed by atoms with Gasteiger partial charge in [-0.1, -0.05) is 0 Å². The molecule has 1 aliphatic carbocycles. The SMILES string of the molecule is COCC(O)CN(C)CC(=O)c1cc(C)n(C2CC2)c1C. The molecule has 0 spiro atoms. The summed E-state index contributed by atoms with van der Waals surface area (Å²) in [6.45, 7) is 5.12. The number of likely N-dealkylation sites (N-methyl/N-ethyl adjacent to an activating group) is 1. The lowest BCUT2D eigenvalue weighted by molar-refractivity contribution is 0.0427. The fourth-order valence-corrected chi connectivity index (χ4v) is 2.95. The molecule has 118 valence electrons. The molecule has 1 heterocycles. The molecule has 1 fully saturated rings. The zero-order valence-electron chi connectivity index (χ0n) is 13.4. The Kier molecular flexibility index (Phi) is 5.19. The molecule has 1 N–H and O–H groups in total. The second-order valence-corrected chi connectivity index (χ2v) is 6.12. The Morgan fingerprint density at radius 2 is 2.19 bits per heavy atom. The fraction of sp³-hybridized carbons (Fsp3) is 0.688. The Morgan fingerprint density at radius 3 is 2.76 bits per heavy atom. The highest BCUT2D eigenvalue weighted by molar-refractivity contribution is 5.99. The average Bonchev–Trinajstić information content (AvgIpc) is 3.16. The lowest BCUT2D eigenvalue weighted by Gasteiger charge is -2.19. The van der Waals surface area contributed by atoms with Crippen LogP contribution in [0, 0.1) is 13.8 Å². The van der Waals surface area contributed by atoms with Crippen LogP contribution in [-0.4, -0.2) is 60.3 Å². The first-order valence-electron chi connectivity index (χ1n) is 7.51. The van der Waals surface area contributed by atoms with E-state index < -0.39 is 6.10 Å². The molecule has 1 unspecified atom stereocenters. The molecule has 0 radical (unpaired) electrons. The van der Waals surface area contributed by atoms with Gasteiger partial charge in [0.15, 0.2) is 5.78 Å². The topological polar surface area (TPSA) is 54.7 Å². The van der Waals surface area contributed by atoms with Gasteiger partial charge in [-0.05, 0) is 39.8 Å². The van der Waals surface area contributed by atoms with Gasteiger partial charge < -0.3 is 14.4 Å². The maximum atomic E-state index is 12.5. The summed E-state index contributed by atoms with van der Waals surface area (Å²) in [6, 6.07) is 2.59. The van der Waals surface area contributed by atoms with Crippen molar-refractivity contribution in [2.75, 3.05) is 33.9 Å². The van der Waals surface area contributed by atoms with Gasteiger partial charge in [-0.25, -0.2) is 0 Å². The molecule has 0 amide bonds. The summed E-state index contributed by atoms with van der Waals surface area (Å²) in [7, 11) is 3.40. The third-order valence-electron chi connectivity index (χ3n) is 3.99. The predicted octanol–water partition coefficient (Wildman–Crippen LogP) is 1.56. The van der Waals surface area contributed by atoms with E-state index in [-0.39, 0.29) is 12.4 Å².